The van der Waals surface area contributed by atoms with Gasteiger partial charge in [0.25, 0.3) is 0 Å². The number of aromatic amines is 1. The zero-order chi connectivity index (χ0) is 25.7. The van der Waals surface area contributed by atoms with Crippen LogP contribution in [-0.4, -0.2) is 37.3 Å². The van der Waals surface area contributed by atoms with Crippen molar-refractivity contribution in [3.05, 3.63) is 59.0 Å². The summed E-state index contributed by atoms with van der Waals surface area (Å²) in [6.45, 7) is 0. The van der Waals surface area contributed by atoms with Crippen LogP contribution in [-0.2, 0) is 4.79 Å². The summed E-state index contributed by atoms with van der Waals surface area (Å²) in [6.07, 6.45) is 4.96. The number of aliphatic carboxylic acids is 1. The number of rotatable bonds is 5. The maximum absolute atomic E-state index is 16.2. The number of nitrogens with one attached hydrogen (secondary N) is 2. The van der Waals surface area contributed by atoms with Crippen molar-refractivity contribution in [2.45, 2.75) is 31.7 Å². The van der Waals surface area contributed by atoms with Crippen molar-refractivity contribution >= 4 is 34.4 Å². The smallest absolute Gasteiger partial charge is 0.308 e. The van der Waals surface area contributed by atoms with Gasteiger partial charge in [0.15, 0.2) is 17.3 Å². The molecular weight excluding hydrogens is 495 g/mol. The fourth-order valence-corrected chi connectivity index (χ4v) is 6.20. The van der Waals surface area contributed by atoms with Gasteiger partial charge in [0.2, 0.25) is 0 Å². The van der Waals surface area contributed by atoms with E-state index >= 15 is 4.39 Å². The molecule has 3 heterocycles. The zero-order valence-corrected chi connectivity index (χ0v) is 20.3. The van der Waals surface area contributed by atoms with E-state index in [0.717, 1.165) is 25.7 Å². The van der Waals surface area contributed by atoms with E-state index in [9.17, 15) is 15.2 Å². The Morgan fingerprint density at radius 3 is 2.59 bits per heavy atom. The van der Waals surface area contributed by atoms with Crippen molar-refractivity contribution in [2.24, 2.45) is 17.8 Å². The van der Waals surface area contributed by atoms with E-state index in [1.165, 1.54) is 6.20 Å². The molecule has 3 saturated carbocycles. The maximum Gasteiger partial charge on any atom is 0.308 e. The molecule has 0 spiro atoms. The van der Waals surface area contributed by atoms with Crippen LogP contribution in [0.15, 0.2) is 42.6 Å². The van der Waals surface area contributed by atoms with Gasteiger partial charge in [-0.05, 0) is 49.1 Å². The first-order valence-electron chi connectivity index (χ1n) is 12.1. The van der Waals surface area contributed by atoms with Crippen LogP contribution >= 0.6 is 11.6 Å². The molecule has 0 amide bonds. The Balaban J connectivity index is 1.57. The van der Waals surface area contributed by atoms with E-state index in [0.29, 0.717) is 27.3 Å². The molecular formula is C27H22ClFN6O2. The lowest BCUT2D eigenvalue weighted by Gasteiger charge is -2.47. The molecule has 1 aromatic carbocycles. The molecule has 3 N–H and O–H groups in total. The minimum Gasteiger partial charge on any atom is -0.481 e. The van der Waals surface area contributed by atoms with Crippen LogP contribution in [0.4, 0.5) is 10.2 Å². The number of nitrogens with zero attached hydrogens (tertiary/aromatic N) is 4. The highest BCUT2D eigenvalue weighted by Crippen LogP contribution is 2.47. The van der Waals surface area contributed by atoms with Gasteiger partial charge in [-0.3, -0.25) is 9.89 Å². The maximum atomic E-state index is 16.2. The van der Waals surface area contributed by atoms with Crippen molar-refractivity contribution in [3.8, 4) is 28.6 Å². The highest BCUT2D eigenvalue weighted by Gasteiger charge is 2.47. The number of hydrogen-bond donors (Lipinski definition) is 3. The third kappa shape index (κ3) is 3.89. The lowest BCUT2D eigenvalue weighted by Crippen LogP contribution is -2.51. The highest BCUT2D eigenvalue weighted by atomic mass is 35.5. The van der Waals surface area contributed by atoms with Gasteiger partial charge in [-0.25, -0.2) is 14.4 Å². The molecule has 37 heavy (non-hydrogen) atoms. The molecule has 7 rings (SSSR count). The average molecular weight is 517 g/mol. The summed E-state index contributed by atoms with van der Waals surface area (Å²) < 4.78 is 16.2. The van der Waals surface area contributed by atoms with Crippen molar-refractivity contribution in [3.63, 3.8) is 0 Å². The number of pyridine rings is 2. The fraction of sp³-hybridized carbons (Fsp3) is 0.296. The second-order valence-electron chi connectivity index (χ2n) is 9.68. The Morgan fingerprint density at radius 2 is 1.89 bits per heavy atom. The number of carboxylic acids is 1. The average Bonchev–Trinajstić information content (AvgIpc) is 3.33. The number of carboxylic acid groups (broad SMARTS) is 1. The van der Waals surface area contributed by atoms with Gasteiger partial charge >= 0.3 is 5.97 Å². The largest absolute Gasteiger partial charge is 0.481 e. The van der Waals surface area contributed by atoms with E-state index in [1.807, 2.05) is 0 Å². The second-order valence-corrected chi connectivity index (χ2v) is 10.1. The standard InChI is InChI=1S/C27H22ClFN6O2/c28-16-10-17-24(34-35-25(17)31-12-16)23-18(11-30)19(13-4-2-1-3-5-13)21(29)26(33-23)32-22-15-8-6-14(7-9-15)20(22)27(36)37/h1-5,10,12,14-15,20,22H,6-9H2,(H,32,33)(H,36,37)(H,31,34,35)/t14?,15?,20-,22-/m1/s1. The Hall–Kier alpha value is -4.03. The summed E-state index contributed by atoms with van der Waals surface area (Å²) in [7, 11) is 0. The number of anilines is 1. The summed E-state index contributed by atoms with van der Waals surface area (Å²) in [4.78, 5) is 21.0. The van der Waals surface area contributed by atoms with E-state index < -0.39 is 23.7 Å². The Labute approximate surface area is 216 Å². The Kier molecular flexibility index (Phi) is 5.76. The van der Waals surface area contributed by atoms with Crippen LogP contribution in [0.5, 0.6) is 0 Å². The highest BCUT2D eigenvalue weighted by molar-refractivity contribution is 6.31. The summed E-state index contributed by atoms with van der Waals surface area (Å²) in [5, 5.41) is 31.5. The number of carbonyl (C=O) groups is 1. The first-order valence-corrected chi connectivity index (χ1v) is 12.5. The summed E-state index contributed by atoms with van der Waals surface area (Å²) in [5.74, 6) is -2.18. The van der Waals surface area contributed by atoms with Crippen LogP contribution in [0, 0.1) is 34.9 Å². The van der Waals surface area contributed by atoms with Gasteiger partial charge in [0.05, 0.1) is 16.5 Å². The van der Waals surface area contributed by atoms with E-state index in [4.69, 9.17) is 11.6 Å². The zero-order valence-electron chi connectivity index (χ0n) is 19.6. The molecule has 3 aliphatic carbocycles. The molecule has 8 nitrogen and oxygen atoms in total. The van der Waals surface area contributed by atoms with Gasteiger partial charge in [-0.2, -0.15) is 10.4 Å². The Morgan fingerprint density at radius 1 is 1.16 bits per heavy atom. The molecule has 3 aliphatic rings. The molecule has 2 bridgehead atoms. The number of nitriles is 1. The van der Waals surface area contributed by atoms with E-state index in [-0.39, 0.29) is 34.5 Å². The minimum atomic E-state index is -0.886. The van der Waals surface area contributed by atoms with Gasteiger partial charge in [0, 0.05) is 23.2 Å². The predicted molar refractivity (Wildman–Crippen MR) is 136 cm³/mol. The third-order valence-electron chi connectivity index (χ3n) is 7.73. The minimum absolute atomic E-state index is 0.0163. The van der Waals surface area contributed by atoms with Crippen LogP contribution in [0.2, 0.25) is 5.02 Å². The van der Waals surface area contributed by atoms with E-state index in [1.54, 1.807) is 36.4 Å². The first-order chi connectivity index (χ1) is 18.0. The molecule has 0 aliphatic heterocycles. The number of H-pyrrole nitrogens is 1. The fourth-order valence-electron chi connectivity index (χ4n) is 6.04. The van der Waals surface area contributed by atoms with Crippen LogP contribution in [0.1, 0.15) is 31.2 Å². The van der Waals surface area contributed by atoms with Gasteiger partial charge in [-0.15, -0.1) is 0 Å². The normalized spacial score (nSPS) is 22.6. The molecule has 0 saturated heterocycles. The topological polar surface area (TPSA) is 128 Å². The second kappa shape index (κ2) is 9.12. The lowest BCUT2D eigenvalue weighted by atomic mass is 9.61. The van der Waals surface area contributed by atoms with Crippen LogP contribution in [0.3, 0.4) is 0 Å². The Bertz CT molecular complexity index is 1560. The molecule has 4 aromatic rings. The SMILES string of the molecule is N#Cc1c(-c2n[nH]c3ncc(Cl)cc23)nc(N[C@@H]2C3CCC(CC3)[C@H]2C(=O)O)c(F)c1-c1ccccc1. The summed E-state index contributed by atoms with van der Waals surface area (Å²) >= 11 is 6.19. The van der Waals surface area contributed by atoms with Crippen molar-refractivity contribution < 1.29 is 14.3 Å². The lowest BCUT2D eigenvalue weighted by molar-refractivity contribution is -0.148. The van der Waals surface area contributed by atoms with Crippen molar-refractivity contribution in [2.75, 3.05) is 5.32 Å². The number of fused-ring (bicyclic) bond motifs is 4. The van der Waals surface area contributed by atoms with Gasteiger partial charge in [0.1, 0.15) is 17.5 Å². The van der Waals surface area contributed by atoms with E-state index in [2.05, 4.69) is 31.6 Å². The van der Waals surface area contributed by atoms with Gasteiger partial charge < -0.3 is 10.4 Å². The van der Waals surface area contributed by atoms with Gasteiger partial charge in [-0.1, -0.05) is 41.9 Å². The molecule has 2 atom stereocenters. The summed E-state index contributed by atoms with van der Waals surface area (Å²) in [5.41, 5.74) is 1.51. The number of aromatic nitrogens is 4. The molecule has 3 fully saturated rings. The number of halogens is 2. The molecule has 186 valence electrons. The molecule has 0 unspecified atom stereocenters. The third-order valence-corrected chi connectivity index (χ3v) is 7.93. The quantitative estimate of drug-likeness (QED) is 0.312. The van der Waals surface area contributed by atoms with Crippen molar-refractivity contribution in [1.82, 2.24) is 20.2 Å². The number of hydrogen-bond acceptors (Lipinski definition) is 6. The first kappa shape index (κ1) is 23.4. The number of benzene rings is 1. The molecule has 10 heteroatoms. The van der Waals surface area contributed by atoms with Crippen molar-refractivity contribution in [1.29, 1.82) is 5.26 Å². The van der Waals surface area contributed by atoms with Crippen LogP contribution in [0.25, 0.3) is 33.5 Å². The molecule has 0 radical (unpaired) electrons. The monoisotopic (exact) mass is 516 g/mol. The predicted octanol–water partition coefficient (Wildman–Crippen LogP) is 5.65. The molecule has 3 aromatic heterocycles. The summed E-state index contributed by atoms with van der Waals surface area (Å²) in [6, 6.07) is 12.1. The van der Waals surface area contributed by atoms with Crippen LogP contribution < -0.4 is 5.32 Å².